The number of carbonyl (C=O) groups excluding carboxylic acids is 5. The minimum Gasteiger partial charge on any atom is -0.446 e. The molecule has 3 aliphatic carbocycles. The molecule has 0 bridgehead atoms. The van der Waals surface area contributed by atoms with Crippen LogP contribution in [-0.4, -0.2) is 89.2 Å². The van der Waals surface area contributed by atoms with Gasteiger partial charge < -0.3 is 25.0 Å². The predicted octanol–water partition coefficient (Wildman–Crippen LogP) is 3.29. The number of nitrogens with one attached hydrogen (secondary N) is 3. The first-order chi connectivity index (χ1) is 24.9. The van der Waals surface area contributed by atoms with Crippen molar-refractivity contribution in [1.82, 2.24) is 25.2 Å². The Kier molecular flexibility index (Phi) is 9.95. The van der Waals surface area contributed by atoms with E-state index in [0.717, 1.165) is 25.7 Å². The monoisotopic (exact) mass is 743 g/mol. The highest BCUT2D eigenvalue weighted by molar-refractivity contribution is 7.91. The molecule has 6 atom stereocenters. The number of ether oxygens (including phenoxy) is 2. The van der Waals surface area contributed by atoms with Crippen molar-refractivity contribution in [3.63, 3.8) is 0 Å². The van der Waals surface area contributed by atoms with Crippen LogP contribution >= 0.6 is 0 Å². The van der Waals surface area contributed by atoms with Crippen molar-refractivity contribution in [2.24, 2.45) is 5.92 Å². The third-order valence-electron chi connectivity index (χ3n) is 11.5. The van der Waals surface area contributed by atoms with Crippen LogP contribution in [0.15, 0.2) is 30.9 Å². The number of carbonyl (C=O) groups is 5. The van der Waals surface area contributed by atoms with Crippen molar-refractivity contribution in [3.8, 4) is 0 Å². The lowest BCUT2D eigenvalue weighted by Gasteiger charge is -2.34. The summed E-state index contributed by atoms with van der Waals surface area (Å²) < 4.78 is 53.7. The van der Waals surface area contributed by atoms with E-state index in [-0.39, 0.29) is 32.0 Å². The Balaban J connectivity index is 1.14. The molecule has 5 amide bonds. The van der Waals surface area contributed by atoms with Gasteiger partial charge in [0.25, 0.3) is 5.91 Å². The molecule has 282 valence electrons. The molecule has 2 saturated heterocycles. The first kappa shape index (κ1) is 36.2. The summed E-state index contributed by atoms with van der Waals surface area (Å²) in [5.41, 5.74) is -0.539. The molecule has 3 saturated carbocycles. The Bertz CT molecular complexity index is 1750. The standard InChI is InChI=1S/C36H46FN5O9S/c1-2-22-18-36(22,33(45)40-52(48,49)24-15-16-24)39-31(43)29-17-30(51-35(47)41-19-21-9-8-12-26(37)25(21)20-41)28-14-5-3-4-13-27(32(44)42(28)29)38-34(46)50-23-10-6-7-11-23/h2,8-9,12,22-24,27-30H,1,3-7,10-11,13-20H2,(H,38,46)(H,39,43)(H,40,45)/t22-,27?,28?,29+,30-,36?/m1/s1. The zero-order valence-corrected chi connectivity index (χ0v) is 29.8. The third kappa shape index (κ3) is 7.22. The molecular formula is C36H46FN5O9S. The first-order valence-corrected chi connectivity index (χ1v) is 20.0. The number of fused-ring (bicyclic) bond motifs is 2. The lowest BCUT2D eigenvalue weighted by Crippen LogP contribution is -2.59. The van der Waals surface area contributed by atoms with E-state index in [0.29, 0.717) is 56.1 Å². The minimum atomic E-state index is -3.92. The van der Waals surface area contributed by atoms with Gasteiger partial charge in [-0.15, -0.1) is 6.58 Å². The highest BCUT2D eigenvalue weighted by Gasteiger charge is 2.62. The molecular weight excluding hydrogens is 697 g/mol. The van der Waals surface area contributed by atoms with Crippen LogP contribution in [0, 0.1) is 11.7 Å². The maximum absolute atomic E-state index is 14.5. The van der Waals surface area contributed by atoms with E-state index in [9.17, 15) is 36.8 Å². The number of alkyl carbamates (subject to hydrolysis) is 1. The maximum atomic E-state index is 14.5. The summed E-state index contributed by atoms with van der Waals surface area (Å²) in [5.74, 6) is -3.12. The first-order valence-electron chi connectivity index (χ1n) is 18.4. The molecule has 16 heteroatoms. The molecule has 6 aliphatic rings. The van der Waals surface area contributed by atoms with Crippen LogP contribution in [0.3, 0.4) is 0 Å². The van der Waals surface area contributed by atoms with Crippen molar-refractivity contribution in [3.05, 3.63) is 47.8 Å². The van der Waals surface area contributed by atoms with Crippen LogP contribution in [0.25, 0.3) is 0 Å². The molecule has 3 N–H and O–H groups in total. The van der Waals surface area contributed by atoms with E-state index in [1.807, 2.05) is 0 Å². The molecule has 52 heavy (non-hydrogen) atoms. The predicted molar refractivity (Wildman–Crippen MR) is 183 cm³/mol. The average molecular weight is 744 g/mol. The summed E-state index contributed by atoms with van der Waals surface area (Å²) in [6.45, 7) is 3.89. The number of halogens is 1. The summed E-state index contributed by atoms with van der Waals surface area (Å²) >= 11 is 0. The van der Waals surface area contributed by atoms with Crippen LogP contribution < -0.4 is 15.4 Å². The van der Waals surface area contributed by atoms with E-state index in [4.69, 9.17) is 9.47 Å². The molecule has 1 aromatic rings. The zero-order valence-electron chi connectivity index (χ0n) is 29.0. The Morgan fingerprint density at radius 3 is 2.38 bits per heavy atom. The van der Waals surface area contributed by atoms with Gasteiger partial charge in [-0.1, -0.05) is 37.5 Å². The van der Waals surface area contributed by atoms with Gasteiger partial charge in [0.1, 0.15) is 35.6 Å². The van der Waals surface area contributed by atoms with Crippen LogP contribution in [0.1, 0.15) is 94.6 Å². The molecule has 0 aromatic heterocycles. The fraction of sp³-hybridized carbons (Fsp3) is 0.639. The van der Waals surface area contributed by atoms with E-state index in [1.165, 1.54) is 21.9 Å². The average Bonchev–Trinajstić information content (AvgIpc) is 3.91. The molecule has 5 fully saturated rings. The Morgan fingerprint density at radius 1 is 0.962 bits per heavy atom. The molecule has 3 heterocycles. The van der Waals surface area contributed by atoms with Crippen LogP contribution in [0.4, 0.5) is 14.0 Å². The van der Waals surface area contributed by atoms with Crippen molar-refractivity contribution < 1.29 is 46.3 Å². The number of amides is 5. The fourth-order valence-electron chi connectivity index (χ4n) is 8.29. The molecule has 3 aliphatic heterocycles. The summed E-state index contributed by atoms with van der Waals surface area (Å²) in [6, 6.07) is 1.63. The van der Waals surface area contributed by atoms with Crippen molar-refractivity contribution in [2.45, 2.75) is 138 Å². The second-order valence-electron chi connectivity index (χ2n) is 15.0. The van der Waals surface area contributed by atoms with Gasteiger partial charge in [-0.05, 0) is 69.4 Å². The van der Waals surface area contributed by atoms with Crippen LogP contribution in [0.2, 0.25) is 0 Å². The number of benzene rings is 1. The number of hydrogen-bond acceptors (Lipinski definition) is 9. The van der Waals surface area contributed by atoms with Crippen LogP contribution in [-0.2, 0) is 47.0 Å². The summed E-state index contributed by atoms with van der Waals surface area (Å²) in [7, 11) is -3.92. The second kappa shape index (κ2) is 14.3. The zero-order chi connectivity index (χ0) is 36.8. The smallest absolute Gasteiger partial charge is 0.410 e. The molecule has 7 rings (SSSR count). The number of hydrogen-bond donors (Lipinski definition) is 3. The quantitative estimate of drug-likeness (QED) is 0.320. The fourth-order valence-corrected chi connectivity index (χ4v) is 9.65. The molecule has 0 radical (unpaired) electrons. The van der Waals surface area contributed by atoms with E-state index in [1.54, 1.807) is 12.1 Å². The van der Waals surface area contributed by atoms with Gasteiger partial charge in [-0.2, -0.15) is 0 Å². The highest BCUT2D eigenvalue weighted by atomic mass is 32.2. The number of sulfonamides is 1. The van der Waals surface area contributed by atoms with E-state index >= 15 is 0 Å². The molecule has 1 aromatic carbocycles. The minimum absolute atomic E-state index is 0.00419. The van der Waals surface area contributed by atoms with Gasteiger partial charge in [0, 0.05) is 24.4 Å². The Morgan fingerprint density at radius 2 is 1.69 bits per heavy atom. The van der Waals surface area contributed by atoms with Gasteiger partial charge in [0.05, 0.1) is 17.8 Å². The van der Waals surface area contributed by atoms with Crippen molar-refractivity contribution in [2.75, 3.05) is 0 Å². The van der Waals surface area contributed by atoms with Crippen LogP contribution in [0.5, 0.6) is 0 Å². The van der Waals surface area contributed by atoms with Gasteiger partial charge in [-0.3, -0.25) is 24.0 Å². The van der Waals surface area contributed by atoms with E-state index < -0.39 is 86.7 Å². The largest absolute Gasteiger partial charge is 0.446 e. The topological polar surface area (TPSA) is 181 Å². The SMILES string of the molecule is C=C[C@@H]1CC1(NC(=O)[C@@H]1C[C@@H](OC(=O)N2Cc3cccc(F)c3C2)C2CCCCCC(NC(=O)OC3CCCC3)C(=O)N21)C(=O)NS(=O)(=O)C1CC1. The molecule has 14 nitrogen and oxygen atoms in total. The van der Waals surface area contributed by atoms with Gasteiger partial charge >= 0.3 is 12.2 Å². The Hall–Kier alpha value is -4.21. The normalized spacial score (nSPS) is 30.2. The van der Waals surface area contributed by atoms with Gasteiger partial charge in [0.15, 0.2) is 0 Å². The van der Waals surface area contributed by atoms with Gasteiger partial charge in [-0.25, -0.2) is 22.4 Å². The molecule has 0 spiro atoms. The van der Waals surface area contributed by atoms with E-state index in [2.05, 4.69) is 21.9 Å². The summed E-state index contributed by atoms with van der Waals surface area (Å²) in [6.07, 6.45) is 5.76. The number of rotatable bonds is 9. The third-order valence-corrected chi connectivity index (χ3v) is 13.3. The second-order valence-corrected chi connectivity index (χ2v) is 17.0. The number of nitrogens with zero attached hydrogens (tertiary/aromatic N) is 2. The lowest BCUT2D eigenvalue weighted by molar-refractivity contribution is -0.143. The Labute approximate surface area is 302 Å². The maximum Gasteiger partial charge on any atom is 0.410 e. The molecule has 3 unspecified atom stereocenters. The van der Waals surface area contributed by atoms with Crippen molar-refractivity contribution >= 4 is 39.9 Å². The van der Waals surface area contributed by atoms with Crippen molar-refractivity contribution in [1.29, 1.82) is 0 Å². The highest BCUT2D eigenvalue weighted by Crippen LogP contribution is 2.46. The summed E-state index contributed by atoms with van der Waals surface area (Å²) in [5, 5.41) is 4.84. The lowest BCUT2D eigenvalue weighted by atomic mass is 10.0. The summed E-state index contributed by atoms with van der Waals surface area (Å²) in [4.78, 5) is 71.6. The van der Waals surface area contributed by atoms with Gasteiger partial charge in [0.2, 0.25) is 21.8 Å².